The molecule has 1 aliphatic heterocycles. The lowest BCUT2D eigenvalue weighted by Crippen LogP contribution is -2.44. The zero-order valence-corrected chi connectivity index (χ0v) is 18.3. The molecule has 1 aliphatic rings. The van der Waals surface area contributed by atoms with E-state index in [-0.39, 0.29) is 24.2 Å². The molecule has 31 heavy (non-hydrogen) atoms. The van der Waals surface area contributed by atoms with Crippen LogP contribution in [0.2, 0.25) is 0 Å². The predicted octanol–water partition coefficient (Wildman–Crippen LogP) is 3.99. The van der Waals surface area contributed by atoms with Gasteiger partial charge in [0.05, 0.1) is 31.4 Å². The Bertz CT molecular complexity index is 1020. The minimum absolute atomic E-state index is 0.0215. The smallest absolute Gasteiger partial charge is 0.226 e. The van der Waals surface area contributed by atoms with Crippen molar-refractivity contribution in [3.8, 4) is 10.6 Å². The van der Waals surface area contributed by atoms with Crippen LogP contribution in [0.15, 0.2) is 53.9 Å². The quantitative estimate of drug-likeness (QED) is 0.605. The number of nitrogens with zero attached hydrogens (tertiary/aromatic N) is 2. The van der Waals surface area contributed by atoms with Crippen molar-refractivity contribution in [1.82, 2.24) is 15.2 Å². The second kappa shape index (κ2) is 10.1. The number of rotatable bonds is 7. The Morgan fingerprint density at radius 2 is 2.00 bits per heavy atom. The molecular weight excluding hydrogens is 413 g/mol. The maximum Gasteiger partial charge on any atom is 0.226 e. The highest BCUT2D eigenvalue weighted by Gasteiger charge is 2.23. The number of morpholine rings is 1. The van der Waals surface area contributed by atoms with Gasteiger partial charge < -0.3 is 10.1 Å². The summed E-state index contributed by atoms with van der Waals surface area (Å²) in [6.07, 6.45) is 0.238. The standard InChI is InChI=1S/C24H26FN3O2S/c1-17-3-2-4-19(13-17)24-27-21(16-31-24)14-23(29)26-15-22(28-9-11-30-12-10-28)18-5-7-20(25)8-6-18/h2-8,13,16,22H,9-12,14-15H2,1H3,(H,26,29). The van der Waals surface area contributed by atoms with Crippen molar-refractivity contribution in [2.24, 2.45) is 0 Å². The molecule has 2 heterocycles. The summed E-state index contributed by atoms with van der Waals surface area (Å²) in [4.78, 5) is 19.5. The van der Waals surface area contributed by atoms with Gasteiger partial charge in [-0.2, -0.15) is 0 Å². The Labute approximate surface area is 185 Å². The molecule has 2 aromatic carbocycles. The van der Waals surface area contributed by atoms with Crippen LogP contribution in [-0.4, -0.2) is 48.6 Å². The molecular formula is C24H26FN3O2S. The van der Waals surface area contributed by atoms with E-state index in [1.165, 1.54) is 17.7 Å². The van der Waals surface area contributed by atoms with Gasteiger partial charge in [0, 0.05) is 30.6 Å². The molecule has 7 heteroatoms. The van der Waals surface area contributed by atoms with E-state index < -0.39 is 0 Å². The fourth-order valence-corrected chi connectivity index (χ4v) is 4.58. The first-order chi connectivity index (χ1) is 15.1. The molecule has 0 spiro atoms. The van der Waals surface area contributed by atoms with Gasteiger partial charge in [0.1, 0.15) is 10.8 Å². The topological polar surface area (TPSA) is 54.5 Å². The number of thiazole rings is 1. The van der Waals surface area contributed by atoms with E-state index >= 15 is 0 Å². The summed E-state index contributed by atoms with van der Waals surface area (Å²) >= 11 is 1.55. The summed E-state index contributed by atoms with van der Waals surface area (Å²) in [5.41, 5.74) is 4.00. The number of aryl methyl sites for hydroxylation is 1. The first-order valence-electron chi connectivity index (χ1n) is 10.4. The molecule has 1 fully saturated rings. The van der Waals surface area contributed by atoms with Crippen molar-refractivity contribution < 1.29 is 13.9 Å². The third kappa shape index (κ3) is 5.76. The number of carbonyl (C=O) groups excluding carboxylic acids is 1. The van der Waals surface area contributed by atoms with Crippen LogP contribution in [0.5, 0.6) is 0 Å². The minimum Gasteiger partial charge on any atom is -0.379 e. The van der Waals surface area contributed by atoms with Crippen molar-refractivity contribution in [3.63, 3.8) is 0 Å². The highest BCUT2D eigenvalue weighted by molar-refractivity contribution is 7.13. The molecule has 5 nitrogen and oxygen atoms in total. The molecule has 1 unspecified atom stereocenters. The molecule has 4 rings (SSSR count). The van der Waals surface area contributed by atoms with Crippen LogP contribution in [-0.2, 0) is 16.0 Å². The van der Waals surface area contributed by atoms with Gasteiger partial charge in [-0.1, -0.05) is 35.9 Å². The van der Waals surface area contributed by atoms with Crippen LogP contribution < -0.4 is 5.32 Å². The number of amides is 1. The van der Waals surface area contributed by atoms with E-state index in [1.54, 1.807) is 23.5 Å². The lowest BCUT2D eigenvalue weighted by atomic mass is 10.0. The van der Waals surface area contributed by atoms with Crippen molar-refractivity contribution in [3.05, 3.63) is 76.5 Å². The van der Waals surface area contributed by atoms with Crippen LogP contribution in [0.4, 0.5) is 4.39 Å². The molecule has 1 N–H and O–H groups in total. The Morgan fingerprint density at radius 3 is 2.74 bits per heavy atom. The second-order valence-corrected chi connectivity index (χ2v) is 8.57. The fraction of sp³-hybridized carbons (Fsp3) is 0.333. The lowest BCUT2D eigenvalue weighted by molar-refractivity contribution is -0.120. The Hall–Kier alpha value is -2.61. The van der Waals surface area contributed by atoms with Crippen molar-refractivity contribution in [1.29, 1.82) is 0 Å². The van der Waals surface area contributed by atoms with Gasteiger partial charge in [-0.3, -0.25) is 9.69 Å². The minimum atomic E-state index is -0.263. The number of aromatic nitrogens is 1. The molecule has 1 atom stereocenters. The van der Waals surface area contributed by atoms with E-state index in [0.29, 0.717) is 19.8 Å². The molecule has 1 aromatic heterocycles. The molecule has 1 amide bonds. The van der Waals surface area contributed by atoms with Crippen LogP contribution in [0.1, 0.15) is 22.9 Å². The molecule has 0 bridgehead atoms. The summed E-state index contributed by atoms with van der Waals surface area (Å²) in [5, 5.41) is 5.91. The monoisotopic (exact) mass is 439 g/mol. The van der Waals surface area contributed by atoms with Crippen LogP contribution in [0.3, 0.4) is 0 Å². The third-order valence-corrected chi connectivity index (χ3v) is 6.33. The number of benzene rings is 2. The van der Waals surface area contributed by atoms with E-state index in [1.807, 2.05) is 17.5 Å². The predicted molar refractivity (Wildman–Crippen MR) is 121 cm³/mol. The summed E-state index contributed by atoms with van der Waals surface area (Å²) in [6, 6.07) is 14.7. The first-order valence-corrected chi connectivity index (χ1v) is 11.3. The number of hydrogen-bond donors (Lipinski definition) is 1. The van der Waals surface area contributed by atoms with Crippen LogP contribution >= 0.6 is 11.3 Å². The number of ether oxygens (including phenoxy) is 1. The van der Waals surface area contributed by atoms with Crippen molar-refractivity contribution >= 4 is 17.2 Å². The van der Waals surface area contributed by atoms with Crippen LogP contribution in [0.25, 0.3) is 10.6 Å². The average Bonchev–Trinajstić information content (AvgIpc) is 3.24. The molecule has 0 saturated carbocycles. The Kier molecular flexibility index (Phi) is 7.06. The van der Waals surface area contributed by atoms with Crippen molar-refractivity contribution in [2.45, 2.75) is 19.4 Å². The van der Waals surface area contributed by atoms with Crippen molar-refractivity contribution in [2.75, 3.05) is 32.8 Å². The highest BCUT2D eigenvalue weighted by Crippen LogP contribution is 2.25. The van der Waals surface area contributed by atoms with Gasteiger partial charge in [0.15, 0.2) is 0 Å². The van der Waals surface area contributed by atoms with Gasteiger partial charge in [-0.15, -0.1) is 11.3 Å². The largest absolute Gasteiger partial charge is 0.379 e. The van der Waals surface area contributed by atoms with E-state index in [0.717, 1.165) is 34.9 Å². The number of hydrogen-bond acceptors (Lipinski definition) is 5. The zero-order chi connectivity index (χ0) is 21.6. The van der Waals surface area contributed by atoms with E-state index in [2.05, 4.69) is 34.3 Å². The number of nitrogens with one attached hydrogen (secondary N) is 1. The lowest BCUT2D eigenvalue weighted by Gasteiger charge is -2.35. The molecule has 1 saturated heterocycles. The van der Waals surface area contributed by atoms with Gasteiger partial charge in [-0.05, 0) is 30.7 Å². The Balaban J connectivity index is 1.39. The molecule has 0 radical (unpaired) electrons. The summed E-state index contributed by atoms with van der Waals surface area (Å²) in [5.74, 6) is -0.331. The average molecular weight is 440 g/mol. The van der Waals surface area contributed by atoms with Gasteiger partial charge in [0.25, 0.3) is 0 Å². The number of halogens is 1. The SMILES string of the molecule is Cc1cccc(-c2nc(CC(=O)NCC(c3ccc(F)cc3)N3CCOCC3)cs2)c1. The fourth-order valence-electron chi connectivity index (χ4n) is 3.77. The normalized spacial score (nSPS) is 15.5. The maximum absolute atomic E-state index is 13.4. The summed E-state index contributed by atoms with van der Waals surface area (Å²) < 4.78 is 18.8. The van der Waals surface area contributed by atoms with Gasteiger partial charge >= 0.3 is 0 Å². The molecule has 3 aromatic rings. The molecule has 0 aliphatic carbocycles. The van der Waals surface area contributed by atoms with E-state index in [9.17, 15) is 9.18 Å². The summed E-state index contributed by atoms with van der Waals surface area (Å²) in [6.45, 7) is 5.39. The second-order valence-electron chi connectivity index (χ2n) is 7.71. The van der Waals surface area contributed by atoms with Gasteiger partial charge in [0.2, 0.25) is 5.91 Å². The molecule has 162 valence electrons. The highest BCUT2D eigenvalue weighted by atomic mass is 32.1. The zero-order valence-electron chi connectivity index (χ0n) is 17.5. The number of carbonyl (C=O) groups is 1. The first kappa shape index (κ1) is 21.6. The van der Waals surface area contributed by atoms with Gasteiger partial charge in [-0.25, -0.2) is 9.37 Å². The third-order valence-electron chi connectivity index (χ3n) is 5.39. The Morgan fingerprint density at radius 1 is 1.23 bits per heavy atom. The summed E-state index contributed by atoms with van der Waals surface area (Å²) in [7, 11) is 0. The van der Waals surface area contributed by atoms with Crippen LogP contribution in [0, 0.1) is 12.7 Å². The maximum atomic E-state index is 13.4. The van der Waals surface area contributed by atoms with E-state index in [4.69, 9.17) is 4.74 Å².